The minimum absolute atomic E-state index is 0.0127. The van der Waals surface area contributed by atoms with Crippen LogP contribution in [0.25, 0.3) is 0 Å². The van der Waals surface area contributed by atoms with E-state index in [1.807, 2.05) is 48.5 Å². The number of carbonyl (C=O) groups is 2. The number of halogens is 1. The number of aryl methyl sites for hydroxylation is 1. The van der Waals surface area contributed by atoms with Crippen molar-refractivity contribution in [2.45, 2.75) is 31.6 Å². The zero-order chi connectivity index (χ0) is 18.7. The number of benzene rings is 2. The number of para-hydroxylation sites is 1. The molecule has 0 spiro atoms. The van der Waals surface area contributed by atoms with Crippen LogP contribution < -0.4 is 5.32 Å². The molecule has 5 heteroatoms. The molecule has 4 nitrogen and oxygen atoms in total. The molecule has 0 unspecified atom stereocenters. The Hall–Kier alpha value is -2.14. The van der Waals surface area contributed by atoms with Crippen LogP contribution in [0.2, 0.25) is 0 Å². The van der Waals surface area contributed by atoms with Crippen LogP contribution in [0.1, 0.15) is 30.9 Å². The maximum Gasteiger partial charge on any atom is 0.243 e. The van der Waals surface area contributed by atoms with Crippen LogP contribution in [-0.2, 0) is 21.4 Å². The average molecular weight is 415 g/mol. The molecular formula is C21H23BrN2O2. The van der Waals surface area contributed by atoms with Gasteiger partial charge in [-0.15, -0.1) is 0 Å². The monoisotopic (exact) mass is 414 g/mol. The van der Waals surface area contributed by atoms with Crippen LogP contribution in [-0.4, -0.2) is 30.3 Å². The first kappa shape index (κ1) is 18.6. The summed E-state index contributed by atoms with van der Waals surface area (Å²) in [6.45, 7) is 2.10. The van der Waals surface area contributed by atoms with Crippen molar-refractivity contribution in [3.05, 3.63) is 64.1 Å². The molecular weight excluding hydrogens is 392 g/mol. The normalized spacial score (nSPS) is 14.6. The summed E-state index contributed by atoms with van der Waals surface area (Å²) >= 11 is 3.43. The van der Waals surface area contributed by atoms with E-state index in [1.165, 1.54) is 0 Å². The third kappa shape index (κ3) is 3.83. The summed E-state index contributed by atoms with van der Waals surface area (Å²) in [6.07, 6.45) is 2.51. The minimum atomic E-state index is -0.461. The summed E-state index contributed by atoms with van der Waals surface area (Å²) < 4.78 is 0.992. The lowest BCUT2D eigenvalue weighted by atomic mass is 9.94. The summed E-state index contributed by atoms with van der Waals surface area (Å²) in [7, 11) is 1.70. The third-order valence-electron chi connectivity index (χ3n) is 4.96. The molecule has 0 atom stereocenters. The zero-order valence-electron chi connectivity index (χ0n) is 15.1. The quantitative estimate of drug-likeness (QED) is 0.771. The summed E-state index contributed by atoms with van der Waals surface area (Å²) in [5, 5.41) is 2.93. The van der Waals surface area contributed by atoms with Gasteiger partial charge in [-0.1, -0.05) is 53.2 Å². The van der Waals surface area contributed by atoms with E-state index in [0.29, 0.717) is 0 Å². The SMILES string of the molecule is CCc1ccccc1NC(=O)CN(C)C(=O)C1(c2ccc(Br)cc2)CC1. The Balaban J connectivity index is 1.66. The van der Waals surface area contributed by atoms with Gasteiger partial charge in [-0.25, -0.2) is 0 Å². The highest BCUT2D eigenvalue weighted by molar-refractivity contribution is 9.10. The van der Waals surface area contributed by atoms with Crippen LogP contribution in [0.15, 0.2) is 53.0 Å². The fourth-order valence-corrected chi connectivity index (χ4v) is 3.58. The molecule has 0 bridgehead atoms. The lowest BCUT2D eigenvalue weighted by Gasteiger charge is -2.23. The van der Waals surface area contributed by atoms with Crippen LogP contribution in [0.5, 0.6) is 0 Å². The number of hydrogen-bond donors (Lipinski definition) is 1. The largest absolute Gasteiger partial charge is 0.336 e. The Morgan fingerprint density at radius 2 is 1.77 bits per heavy atom. The van der Waals surface area contributed by atoms with Gasteiger partial charge < -0.3 is 10.2 Å². The lowest BCUT2D eigenvalue weighted by molar-refractivity contribution is -0.135. The van der Waals surface area contributed by atoms with Crippen molar-refractivity contribution in [2.24, 2.45) is 0 Å². The number of anilines is 1. The van der Waals surface area contributed by atoms with Gasteiger partial charge in [0, 0.05) is 17.2 Å². The maximum atomic E-state index is 13.0. The first-order chi connectivity index (χ1) is 12.5. The molecule has 0 radical (unpaired) electrons. The van der Waals surface area contributed by atoms with Crippen LogP contribution >= 0.6 is 15.9 Å². The Bertz CT molecular complexity index is 813. The first-order valence-corrected chi connectivity index (χ1v) is 9.65. The van der Waals surface area contributed by atoms with Crippen molar-refractivity contribution in [1.29, 1.82) is 0 Å². The van der Waals surface area contributed by atoms with E-state index in [0.717, 1.165) is 40.5 Å². The van der Waals surface area contributed by atoms with Gasteiger partial charge in [0.05, 0.1) is 12.0 Å². The average Bonchev–Trinajstić information content (AvgIpc) is 3.43. The lowest BCUT2D eigenvalue weighted by Crippen LogP contribution is -2.41. The number of likely N-dealkylation sites (N-methyl/N-ethyl adjacent to an activating group) is 1. The molecule has 2 amide bonds. The second kappa shape index (κ2) is 7.62. The van der Waals surface area contributed by atoms with Crippen molar-refractivity contribution in [3.63, 3.8) is 0 Å². The maximum absolute atomic E-state index is 13.0. The van der Waals surface area contributed by atoms with E-state index in [-0.39, 0.29) is 18.4 Å². The van der Waals surface area contributed by atoms with E-state index in [1.54, 1.807) is 11.9 Å². The van der Waals surface area contributed by atoms with E-state index >= 15 is 0 Å². The van der Waals surface area contributed by atoms with Gasteiger partial charge in [-0.3, -0.25) is 9.59 Å². The molecule has 0 saturated heterocycles. The molecule has 3 rings (SSSR count). The summed E-state index contributed by atoms with van der Waals surface area (Å²) in [6, 6.07) is 15.6. The van der Waals surface area contributed by atoms with Crippen molar-refractivity contribution in [3.8, 4) is 0 Å². The standard InChI is InChI=1S/C21H23BrN2O2/c1-3-15-6-4-5-7-18(15)23-19(25)14-24(2)20(26)21(12-13-21)16-8-10-17(22)11-9-16/h4-11H,3,12-14H2,1-2H3,(H,23,25). The van der Waals surface area contributed by atoms with Crippen LogP contribution in [0, 0.1) is 0 Å². The number of rotatable bonds is 6. The van der Waals surface area contributed by atoms with Gasteiger partial charge in [-0.2, -0.15) is 0 Å². The molecule has 0 heterocycles. The van der Waals surface area contributed by atoms with Gasteiger partial charge in [-0.05, 0) is 48.6 Å². The van der Waals surface area contributed by atoms with Crippen LogP contribution in [0.4, 0.5) is 5.69 Å². The molecule has 2 aromatic carbocycles. The predicted molar refractivity (Wildman–Crippen MR) is 107 cm³/mol. The third-order valence-corrected chi connectivity index (χ3v) is 5.48. The number of nitrogens with one attached hydrogen (secondary N) is 1. The van der Waals surface area contributed by atoms with E-state index in [9.17, 15) is 9.59 Å². The van der Waals surface area contributed by atoms with E-state index < -0.39 is 5.41 Å². The Labute approximate surface area is 162 Å². The molecule has 136 valence electrons. The molecule has 26 heavy (non-hydrogen) atoms. The first-order valence-electron chi connectivity index (χ1n) is 8.85. The fraction of sp³-hybridized carbons (Fsp3) is 0.333. The summed E-state index contributed by atoms with van der Waals surface area (Å²) in [5.74, 6) is -0.160. The number of hydrogen-bond acceptors (Lipinski definition) is 2. The number of nitrogens with zero attached hydrogens (tertiary/aromatic N) is 1. The van der Waals surface area contributed by atoms with Crippen LogP contribution in [0.3, 0.4) is 0 Å². The molecule has 0 aliphatic heterocycles. The van der Waals surface area contributed by atoms with Gasteiger partial charge in [0.2, 0.25) is 11.8 Å². The minimum Gasteiger partial charge on any atom is -0.336 e. The Morgan fingerprint density at radius 3 is 2.38 bits per heavy atom. The fourth-order valence-electron chi connectivity index (χ4n) is 3.31. The highest BCUT2D eigenvalue weighted by Gasteiger charge is 2.52. The van der Waals surface area contributed by atoms with E-state index in [4.69, 9.17) is 0 Å². The molecule has 1 aliphatic rings. The van der Waals surface area contributed by atoms with Gasteiger partial charge in [0.15, 0.2) is 0 Å². The molecule has 1 fully saturated rings. The van der Waals surface area contributed by atoms with E-state index in [2.05, 4.69) is 28.2 Å². The molecule has 1 N–H and O–H groups in total. The summed E-state index contributed by atoms with van der Waals surface area (Å²) in [5.41, 5.74) is 2.46. The summed E-state index contributed by atoms with van der Waals surface area (Å²) in [4.78, 5) is 26.9. The second-order valence-corrected chi connectivity index (χ2v) is 7.72. The Kier molecular flexibility index (Phi) is 5.47. The second-order valence-electron chi connectivity index (χ2n) is 6.81. The van der Waals surface area contributed by atoms with Crippen molar-refractivity contribution >= 4 is 33.4 Å². The highest BCUT2D eigenvalue weighted by Crippen LogP contribution is 2.49. The van der Waals surface area contributed by atoms with Crippen molar-refractivity contribution < 1.29 is 9.59 Å². The molecule has 1 aliphatic carbocycles. The highest BCUT2D eigenvalue weighted by atomic mass is 79.9. The topological polar surface area (TPSA) is 49.4 Å². The predicted octanol–water partition coefficient (Wildman–Crippen LogP) is 4.14. The van der Waals surface area contributed by atoms with Gasteiger partial charge >= 0.3 is 0 Å². The zero-order valence-corrected chi connectivity index (χ0v) is 16.7. The van der Waals surface area contributed by atoms with Gasteiger partial charge in [0.25, 0.3) is 0 Å². The Morgan fingerprint density at radius 1 is 1.12 bits per heavy atom. The number of carbonyl (C=O) groups excluding carboxylic acids is 2. The smallest absolute Gasteiger partial charge is 0.243 e. The molecule has 0 aromatic heterocycles. The van der Waals surface area contributed by atoms with Crippen molar-refractivity contribution in [2.75, 3.05) is 18.9 Å². The van der Waals surface area contributed by atoms with Gasteiger partial charge in [0.1, 0.15) is 0 Å². The van der Waals surface area contributed by atoms with Crippen molar-refractivity contribution in [1.82, 2.24) is 4.90 Å². The number of amides is 2. The molecule has 1 saturated carbocycles. The molecule has 2 aromatic rings.